The molecule has 0 aliphatic carbocycles. The van der Waals surface area contributed by atoms with Crippen LogP contribution in [-0.2, 0) is 10.0 Å². The molecule has 0 fully saturated rings. The van der Waals surface area contributed by atoms with E-state index in [1.165, 1.54) is 23.9 Å². The van der Waals surface area contributed by atoms with Crippen LogP contribution in [0.5, 0.6) is 0 Å². The summed E-state index contributed by atoms with van der Waals surface area (Å²) in [7, 11) is -3.77. The Morgan fingerprint density at radius 3 is 2.60 bits per heavy atom. The van der Waals surface area contributed by atoms with Crippen molar-refractivity contribution in [1.29, 1.82) is 5.26 Å². The van der Waals surface area contributed by atoms with Gasteiger partial charge in [0.2, 0.25) is 10.0 Å². The Labute approximate surface area is 116 Å². The number of hydrogen-bond donors (Lipinski definition) is 2. The third kappa shape index (κ3) is 2.73. The van der Waals surface area contributed by atoms with E-state index in [0.717, 1.165) is 0 Å². The maximum absolute atomic E-state index is 11.9. The Kier molecular flexibility index (Phi) is 3.63. The molecule has 3 N–H and O–H groups in total. The minimum atomic E-state index is -3.77. The van der Waals surface area contributed by atoms with Crippen LogP contribution in [0, 0.1) is 11.3 Å². The molecule has 0 saturated heterocycles. The first-order valence-electron chi connectivity index (χ1n) is 5.75. The van der Waals surface area contributed by atoms with E-state index in [0.29, 0.717) is 11.4 Å². The van der Waals surface area contributed by atoms with Crippen molar-refractivity contribution in [2.24, 2.45) is 0 Å². The molecule has 7 nitrogen and oxygen atoms in total. The number of aromatic nitrogens is 2. The normalized spacial score (nSPS) is 12.6. The molecule has 1 aromatic carbocycles. The van der Waals surface area contributed by atoms with Gasteiger partial charge in [-0.2, -0.15) is 10.4 Å². The lowest BCUT2D eigenvalue weighted by atomic mass is 10.3. The smallest absolute Gasteiger partial charge is 0.250 e. The molecule has 1 atom stereocenters. The van der Waals surface area contributed by atoms with E-state index in [1.54, 1.807) is 30.3 Å². The van der Waals surface area contributed by atoms with Crippen LogP contribution in [0.3, 0.4) is 0 Å². The molecule has 0 aliphatic rings. The van der Waals surface area contributed by atoms with Crippen LogP contribution in [0.2, 0.25) is 0 Å². The lowest BCUT2D eigenvalue weighted by molar-refractivity contribution is 0.596. The van der Waals surface area contributed by atoms with Crippen LogP contribution in [0.25, 0.3) is 5.69 Å². The molecule has 2 rings (SSSR count). The summed E-state index contributed by atoms with van der Waals surface area (Å²) in [4.78, 5) is 0. The van der Waals surface area contributed by atoms with Gasteiger partial charge in [0.05, 0.1) is 18.0 Å². The van der Waals surface area contributed by atoms with Crippen LogP contribution < -0.4 is 10.5 Å². The second-order valence-electron chi connectivity index (χ2n) is 4.14. The summed E-state index contributed by atoms with van der Waals surface area (Å²) in [6, 6.07) is 10.0. The van der Waals surface area contributed by atoms with Gasteiger partial charge in [0.25, 0.3) is 0 Å². The third-order valence-corrected chi connectivity index (χ3v) is 4.20. The number of nitrogens with two attached hydrogens (primary N) is 1. The Balaban J connectivity index is 2.35. The highest BCUT2D eigenvalue weighted by molar-refractivity contribution is 7.93. The predicted molar refractivity (Wildman–Crippen MR) is 75.6 cm³/mol. The molecule has 0 saturated carbocycles. The first kappa shape index (κ1) is 13.9. The zero-order valence-electron chi connectivity index (χ0n) is 10.7. The molecular formula is C12H13N5O2S. The molecule has 1 heterocycles. The number of nitriles is 1. The molecular weight excluding hydrogens is 278 g/mol. The van der Waals surface area contributed by atoms with Gasteiger partial charge < -0.3 is 5.73 Å². The molecule has 0 bridgehead atoms. The fraction of sp³-hybridized carbons (Fsp3) is 0.167. The van der Waals surface area contributed by atoms with E-state index >= 15 is 0 Å². The maximum Gasteiger partial charge on any atom is 0.250 e. The second-order valence-corrected chi connectivity index (χ2v) is 6.14. The number of nitrogens with zero attached hydrogens (tertiary/aromatic N) is 3. The fourth-order valence-electron chi connectivity index (χ4n) is 1.51. The van der Waals surface area contributed by atoms with E-state index < -0.39 is 15.3 Å². The van der Waals surface area contributed by atoms with Crippen LogP contribution in [0.1, 0.15) is 6.92 Å². The molecule has 0 amide bonds. The summed E-state index contributed by atoms with van der Waals surface area (Å²) in [6.07, 6.45) is 1.46. The average Bonchev–Trinajstić information content (AvgIpc) is 2.86. The fourth-order valence-corrected chi connectivity index (χ4v) is 2.27. The monoisotopic (exact) mass is 291 g/mol. The molecule has 2 aromatic rings. The number of nitrogens with one attached hydrogen (secondary N) is 1. The summed E-state index contributed by atoms with van der Waals surface area (Å²) in [5.41, 5.74) is 6.86. The number of hydrogen-bond acceptors (Lipinski definition) is 5. The Morgan fingerprint density at radius 1 is 1.35 bits per heavy atom. The van der Waals surface area contributed by atoms with Gasteiger partial charge >= 0.3 is 0 Å². The summed E-state index contributed by atoms with van der Waals surface area (Å²) >= 11 is 0. The molecule has 1 unspecified atom stereocenters. The van der Waals surface area contributed by atoms with Gasteiger partial charge in [0.15, 0.2) is 5.25 Å². The molecule has 1 aromatic heterocycles. The number of sulfonamides is 1. The Morgan fingerprint density at radius 2 is 2.00 bits per heavy atom. The standard InChI is InChI=1S/C12H13N5O2S/c1-9(8-13)20(18,19)16-12-6-7-15-17(12)11-4-2-10(14)3-5-11/h2-7,9,16H,14H2,1H3. The number of rotatable bonds is 4. The van der Waals surface area contributed by atoms with Crippen LogP contribution in [0.4, 0.5) is 11.5 Å². The second kappa shape index (κ2) is 5.22. The van der Waals surface area contributed by atoms with E-state index in [9.17, 15) is 8.42 Å². The largest absolute Gasteiger partial charge is 0.399 e. The van der Waals surface area contributed by atoms with E-state index in [1.807, 2.05) is 0 Å². The van der Waals surface area contributed by atoms with Crippen LogP contribution in [0.15, 0.2) is 36.5 Å². The first-order chi connectivity index (χ1) is 9.44. The van der Waals surface area contributed by atoms with Crippen molar-refractivity contribution in [2.45, 2.75) is 12.2 Å². The third-order valence-electron chi connectivity index (χ3n) is 2.67. The highest BCUT2D eigenvalue weighted by Gasteiger charge is 2.21. The summed E-state index contributed by atoms with van der Waals surface area (Å²) in [6.45, 7) is 1.31. The van der Waals surface area contributed by atoms with Crippen molar-refractivity contribution in [2.75, 3.05) is 10.5 Å². The van der Waals surface area contributed by atoms with Crippen molar-refractivity contribution in [3.63, 3.8) is 0 Å². The summed E-state index contributed by atoms with van der Waals surface area (Å²) in [5, 5.41) is 11.6. The zero-order chi connectivity index (χ0) is 14.8. The minimum Gasteiger partial charge on any atom is -0.399 e. The van der Waals surface area contributed by atoms with Crippen LogP contribution >= 0.6 is 0 Å². The highest BCUT2D eigenvalue weighted by Crippen LogP contribution is 2.18. The topological polar surface area (TPSA) is 114 Å². The molecule has 8 heteroatoms. The number of anilines is 2. The predicted octanol–water partition coefficient (Wildman–Crippen LogP) is 1.11. The molecule has 20 heavy (non-hydrogen) atoms. The number of benzene rings is 1. The molecule has 0 spiro atoms. The maximum atomic E-state index is 11.9. The van der Waals surface area contributed by atoms with Gasteiger partial charge in [0, 0.05) is 11.8 Å². The SMILES string of the molecule is CC(C#N)S(=O)(=O)Nc1ccnn1-c1ccc(N)cc1. The lowest BCUT2D eigenvalue weighted by Crippen LogP contribution is -2.25. The van der Waals surface area contributed by atoms with E-state index in [-0.39, 0.29) is 5.82 Å². The Bertz CT molecular complexity index is 743. The average molecular weight is 291 g/mol. The lowest BCUT2D eigenvalue weighted by Gasteiger charge is -2.11. The zero-order valence-corrected chi connectivity index (χ0v) is 11.5. The highest BCUT2D eigenvalue weighted by atomic mass is 32.2. The van der Waals surface area contributed by atoms with Crippen molar-refractivity contribution in [3.8, 4) is 11.8 Å². The van der Waals surface area contributed by atoms with Gasteiger partial charge in [-0.1, -0.05) is 0 Å². The summed E-state index contributed by atoms with van der Waals surface area (Å²) < 4.78 is 27.5. The van der Waals surface area contributed by atoms with Crippen molar-refractivity contribution in [1.82, 2.24) is 9.78 Å². The number of nitrogen functional groups attached to an aromatic ring is 1. The van der Waals surface area contributed by atoms with E-state index in [4.69, 9.17) is 11.0 Å². The molecule has 0 radical (unpaired) electrons. The van der Waals surface area contributed by atoms with Crippen LogP contribution in [-0.4, -0.2) is 23.4 Å². The minimum absolute atomic E-state index is 0.261. The Hall–Kier alpha value is -2.53. The quantitative estimate of drug-likeness (QED) is 0.819. The van der Waals surface area contributed by atoms with Gasteiger partial charge in [-0.25, -0.2) is 13.1 Å². The summed E-state index contributed by atoms with van der Waals surface area (Å²) in [5.74, 6) is 0.261. The van der Waals surface area contributed by atoms with Crippen molar-refractivity contribution >= 4 is 21.5 Å². The van der Waals surface area contributed by atoms with E-state index in [2.05, 4.69) is 9.82 Å². The molecule has 104 valence electrons. The first-order valence-corrected chi connectivity index (χ1v) is 7.30. The van der Waals surface area contributed by atoms with Crippen molar-refractivity contribution in [3.05, 3.63) is 36.5 Å². The van der Waals surface area contributed by atoms with Gasteiger partial charge in [0.1, 0.15) is 5.82 Å². The van der Waals surface area contributed by atoms with Gasteiger partial charge in [-0.05, 0) is 31.2 Å². The van der Waals surface area contributed by atoms with Gasteiger partial charge in [-0.3, -0.25) is 4.72 Å². The molecule has 0 aliphatic heterocycles. The van der Waals surface area contributed by atoms with Gasteiger partial charge in [-0.15, -0.1) is 0 Å². The van der Waals surface area contributed by atoms with Crippen molar-refractivity contribution < 1.29 is 8.42 Å².